The fourth-order valence-electron chi connectivity index (χ4n) is 1.94. The number of anilines is 1. The third kappa shape index (κ3) is 1.96. The first-order valence-electron chi connectivity index (χ1n) is 5.30. The minimum Gasteiger partial charge on any atom is -0.368 e. The highest BCUT2D eigenvalue weighted by Gasteiger charge is 2.30. The Morgan fingerprint density at radius 3 is 3.12 bits per heavy atom. The number of rotatable bonds is 3. The van der Waals surface area contributed by atoms with Gasteiger partial charge in [-0.1, -0.05) is 0 Å². The van der Waals surface area contributed by atoms with Crippen molar-refractivity contribution in [2.75, 3.05) is 11.4 Å². The number of hydrogen-bond acceptors (Lipinski definition) is 5. The highest BCUT2D eigenvalue weighted by Crippen LogP contribution is 2.21. The summed E-state index contributed by atoms with van der Waals surface area (Å²) in [6.45, 7) is 1.13. The van der Waals surface area contributed by atoms with E-state index in [2.05, 4.69) is 9.97 Å². The van der Waals surface area contributed by atoms with Crippen molar-refractivity contribution < 1.29 is 4.79 Å². The summed E-state index contributed by atoms with van der Waals surface area (Å²) in [5, 5.41) is 0. The molecule has 1 amide bonds. The molecule has 1 saturated heterocycles. The van der Waals surface area contributed by atoms with E-state index in [-0.39, 0.29) is 11.9 Å². The molecule has 1 unspecified atom stereocenters. The third-order valence-electron chi connectivity index (χ3n) is 2.75. The summed E-state index contributed by atoms with van der Waals surface area (Å²) in [5.41, 5.74) is 11.6. The molecule has 1 aromatic heterocycles. The molecule has 1 aromatic rings. The van der Waals surface area contributed by atoms with Crippen molar-refractivity contribution in [2.24, 2.45) is 11.5 Å². The van der Waals surface area contributed by atoms with E-state index >= 15 is 0 Å². The smallest absolute Gasteiger partial charge is 0.240 e. The van der Waals surface area contributed by atoms with E-state index in [1.165, 1.54) is 0 Å². The highest BCUT2D eigenvalue weighted by molar-refractivity contribution is 5.83. The molecule has 6 heteroatoms. The molecule has 2 rings (SSSR count). The molecule has 0 spiro atoms. The summed E-state index contributed by atoms with van der Waals surface area (Å²) < 4.78 is 0. The zero-order valence-corrected chi connectivity index (χ0v) is 8.97. The minimum absolute atomic E-state index is 0.284. The van der Waals surface area contributed by atoms with Crippen LogP contribution in [0.3, 0.4) is 0 Å². The molecule has 0 radical (unpaired) electrons. The lowest BCUT2D eigenvalue weighted by Gasteiger charge is -2.22. The molecule has 0 bridgehead atoms. The van der Waals surface area contributed by atoms with E-state index in [0.29, 0.717) is 12.5 Å². The fourth-order valence-corrected chi connectivity index (χ4v) is 1.94. The lowest BCUT2D eigenvalue weighted by Crippen LogP contribution is -2.41. The van der Waals surface area contributed by atoms with Crippen molar-refractivity contribution in [3.63, 3.8) is 0 Å². The van der Waals surface area contributed by atoms with Crippen molar-refractivity contribution >= 4 is 11.9 Å². The topological polar surface area (TPSA) is 98.1 Å². The van der Waals surface area contributed by atoms with E-state index in [4.69, 9.17) is 11.5 Å². The molecule has 0 saturated carbocycles. The van der Waals surface area contributed by atoms with Crippen LogP contribution in [-0.4, -0.2) is 28.5 Å². The Morgan fingerprint density at radius 1 is 1.62 bits per heavy atom. The summed E-state index contributed by atoms with van der Waals surface area (Å²) in [7, 11) is 0. The standard InChI is InChI=1S/C10H15N5O/c11-6-7-3-4-13-10(14-7)15-5-1-2-8(15)9(12)16/h3-4,8H,1-2,5-6,11H2,(H2,12,16). The van der Waals surface area contributed by atoms with Gasteiger partial charge in [-0.2, -0.15) is 0 Å². The SMILES string of the molecule is NCc1ccnc(N2CCCC2C(N)=O)n1. The molecule has 0 aliphatic carbocycles. The lowest BCUT2D eigenvalue weighted by atomic mass is 10.2. The van der Waals surface area contributed by atoms with Crippen LogP contribution < -0.4 is 16.4 Å². The Hall–Kier alpha value is -1.69. The maximum atomic E-state index is 11.2. The van der Waals surface area contributed by atoms with Crippen LogP contribution in [0.25, 0.3) is 0 Å². The molecular formula is C10H15N5O. The van der Waals surface area contributed by atoms with Gasteiger partial charge in [0.1, 0.15) is 6.04 Å². The van der Waals surface area contributed by atoms with Crippen LogP contribution in [0.4, 0.5) is 5.95 Å². The second kappa shape index (κ2) is 4.44. The molecular weight excluding hydrogens is 206 g/mol. The zero-order valence-electron chi connectivity index (χ0n) is 8.97. The van der Waals surface area contributed by atoms with Gasteiger partial charge < -0.3 is 16.4 Å². The van der Waals surface area contributed by atoms with Gasteiger partial charge in [0.2, 0.25) is 11.9 Å². The Balaban J connectivity index is 2.25. The minimum atomic E-state index is -0.320. The number of carbonyl (C=O) groups excluding carboxylic acids is 1. The summed E-state index contributed by atoms with van der Waals surface area (Å²) >= 11 is 0. The quantitative estimate of drug-likeness (QED) is 0.709. The van der Waals surface area contributed by atoms with Crippen LogP contribution >= 0.6 is 0 Å². The van der Waals surface area contributed by atoms with Gasteiger partial charge in [-0.05, 0) is 18.9 Å². The molecule has 2 heterocycles. The largest absolute Gasteiger partial charge is 0.368 e. The zero-order chi connectivity index (χ0) is 11.5. The van der Waals surface area contributed by atoms with Gasteiger partial charge in [0.15, 0.2) is 0 Å². The predicted octanol–water partition coefficient (Wildman–Crippen LogP) is -0.611. The van der Waals surface area contributed by atoms with E-state index < -0.39 is 0 Å². The van der Waals surface area contributed by atoms with Gasteiger partial charge in [-0.3, -0.25) is 4.79 Å². The normalized spacial score (nSPS) is 20.1. The Bertz CT molecular complexity index is 395. The first-order chi connectivity index (χ1) is 7.72. The predicted molar refractivity (Wildman–Crippen MR) is 59.5 cm³/mol. The number of carbonyl (C=O) groups is 1. The van der Waals surface area contributed by atoms with Crippen molar-refractivity contribution in [1.82, 2.24) is 9.97 Å². The third-order valence-corrected chi connectivity index (χ3v) is 2.75. The van der Waals surface area contributed by atoms with E-state index in [0.717, 1.165) is 25.1 Å². The van der Waals surface area contributed by atoms with Gasteiger partial charge in [0.05, 0.1) is 5.69 Å². The van der Waals surface area contributed by atoms with Gasteiger partial charge in [0.25, 0.3) is 0 Å². The lowest BCUT2D eigenvalue weighted by molar-refractivity contribution is -0.119. The maximum Gasteiger partial charge on any atom is 0.240 e. The first-order valence-corrected chi connectivity index (χ1v) is 5.30. The molecule has 86 valence electrons. The summed E-state index contributed by atoms with van der Waals surface area (Å²) in [6.07, 6.45) is 3.36. The Labute approximate surface area is 93.7 Å². The highest BCUT2D eigenvalue weighted by atomic mass is 16.1. The van der Waals surface area contributed by atoms with Crippen molar-refractivity contribution in [3.8, 4) is 0 Å². The molecule has 6 nitrogen and oxygen atoms in total. The molecule has 16 heavy (non-hydrogen) atoms. The fraction of sp³-hybridized carbons (Fsp3) is 0.500. The van der Waals surface area contributed by atoms with Crippen molar-refractivity contribution in [3.05, 3.63) is 18.0 Å². The first kappa shape index (κ1) is 10.8. The summed E-state index contributed by atoms with van der Waals surface area (Å²) in [5.74, 6) is 0.225. The number of amides is 1. The van der Waals surface area contributed by atoms with Gasteiger partial charge in [-0.15, -0.1) is 0 Å². The van der Waals surface area contributed by atoms with Crippen molar-refractivity contribution in [1.29, 1.82) is 0 Å². The molecule has 4 N–H and O–H groups in total. The number of nitrogens with zero attached hydrogens (tertiary/aromatic N) is 3. The second-order valence-electron chi connectivity index (χ2n) is 3.81. The molecule has 1 aliphatic rings. The maximum absolute atomic E-state index is 11.2. The van der Waals surface area contributed by atoms with Gasteiger partial charge in [-0.25, -0.2) is 9.97 Å². The van der Waals surface area contributed by atoms with Crippen LogP contribution in [0.5, 0.6) is 0 Å². The monoisotopic (exact) mass is 221 g/mol. The van der Waals surface area contributed by atoms with Crippen LogP contribution in [0, 0.1) is 0 Å². The number of nitrogens with two attached hydrogens (primary N) is 2. The van der Waals surface area contributed by atoms with E-state index in [9.17, 15) is 4.79 Å². The molecule has 1 aliphatic heterocycles. The van der Waals surface area contributed by atoms with Crippen LogP contribution in [-0.2, 0) is 11.3 Å². The summed E-state index contributed by atoms with van der Waals surface area (Å²) in [4.78, 5) is 21.5. The Morgan fingerprint density at radius 2 is 2.44 bits per heavy atom. The van der Waals surface area contributed by atoms with Crippen LogP contribution in [0.1, 0.15) is 18.5 Å². The average molecular weight is 221 g/mol. The number of hydrogen-bond donors (Lipinski definition) is 2. The summed E-state index contributed by atoms with van der Waals surface area (Å²) in [6, 6.07) is 1.48. The molecule has 1 atom stereocenters. The van der Waals surface area contributed by atoms with Crippen LogP contribution in [0.15, 0.2) is 12.3 Å². The van der Waals surface area contributed by atoms with Gasteiger partial charge in [0, 0.05) is 19.3 Å². The van der Waals surface area contributed by atoms with Crippen molar-refractivity contribution in [2.45, 2.75) is 25.4 Å². The second-order valence-corrected chi connectivity index (χ2v) is 3.81. The number of primary amides is 1. The van der Waals surface area contributed by atoms with E-state index in [1.54, 1.807) is 12.3 Å². The van der Waals surface area contributed by atoms with Gasteiger partial charge >= 0.3 is 0 Å². The Kier molecular flexibility index (Phi) is 3.00. The van der Waals surface area contributed by atoms with E-state index in [1.807, 2.05) is 4.90 Å². The molecule has 0 aromatic carbocycles. The molecule has 1 fully saturated rings. The average Bonchev–Trinajstić information content (AvgIpc) is 2.78. The van der Waals surface area contributed by atoms with Crippen LogP contribution in [0.2, 0.25) is 0 Å². The number of aromatic nitrogens is 2.